The first kappa shape index (κ1) is 15.5. The summed E-state index contributed by atoms with van der Waals surface area (Å²) in [6.07, 6.45) is 4.77. The van der Waals surface area contributed by atoms with Crippen molar-refractivity contribution < 1.29 is 4.79 Å². The van der Waals surface area contributed by atoms with Crippen LogP contribution in [0.1, 0.15) is 15.2 Å². The van der Waals surface area contributed by atoms with Gasteiger partial charge in [-0.2, -0.15) is 5.10 Å². The van der Waals surface area contributed by atoms with Crippen LogP contribution < -0.4 is 11.2 Å². The molecule has 1 aromatic carbocycles. The van der Waals surface area contributed by atoms with E-state index in [1.54, 1.807) is 18.0 Å². The van der Waals surface area contributed by atoms with E-state index in [4.69, 9.17) is 5.84 Å². The maximum Gasteiger partial charge on any atom is 0.266 e. The first-order chi connectivity index (χ1) is 11.2. The number of hydrazone groups is 1. The third-order valence-corrected chi connectivity index (χ3v) is 5.27. The van der Waals surface area contributed by atoms with Crippen molar-refractivity contribution in [2.75, 3.05) is 0 Å². The average Bonchev–Trinajstić information content (AvgIpc) is 3.00. The highest BCUT2D eigenvalue weighted by Crippen LogP contribution is 2.36. The van der Waals surface area contributed by atoms with Crippen LogP contribution in [0.2, 0.25) is 0 Å². The molecule has 0 atom stereocenters. The summed E-state index contributed by atoms with van der Waals surface area (Å²) >= 11 is 3.03. The molecule has 0 aliphatic rings. The van der Waals surface area contributed by atoms with Gasteiger partial charge in [0.1, 0.15) is 6.34 Å². The van der Waals surface area contributed by atoms with Gasteiger partial charge >= 0.3 is 0 Å². The standard InChI is InChI=1S/C16H14N4OS2/c1-10-2-4-11(5-3-10)22-14-7-18-8-15-12(14)6-13(23-15)16(21)19-9-20-17/h2-9H,17H2,1H3,(H,19,20,21). The van der Waals surface area contributed by atoms with Gasteiger partial charge in [-0.25, -0.2) is 0 Å². The Balaban J connectivity index is 1.93. The van der Waals surface area contributed by atoms with Gasteiger partial charge in [0.05, 0.1) is 9.58 Å². The van der Waals surface area contributed by atoms with Gasteiger partial charge < -0.3 is 11.2 Å². The quantitative estimate of drug-likeness (QED) is 0.330. The van der Waals surface area contributed by atoms with Crippen LogP contribution in [-0.4, -0.2) is 17.2 Å². The van der Waals surface area contributed by atoms with Gasteiger partial charge in [0.15, 0.2) is 0 Å². The van der Waals surface area contributed by atoms with Gasteiger partial charge in [0.25, 0.3) is 5.91 Å². The van der Waals surface area contributed by atoms with Gasteiger partial charge in [0.2, 0.25) is 0 Å². The number of benzene rings is 1. The number of fused-ring (bicyclic) bond motifs is 1. The second kappa shape index (κ2) is 6.80. The van der Waals surface area contributed by atoms with Crippen molar-refractivity contribution in [3.63, 3.8) is 0 Å². The fourth-order valence-corrected chi connectivity index (χ4v) is 3.97. The highest BCUT2D eigenvalue weighted by atomic mass is 32.2. The molecule has 116 valence electrons. The molecule has 5 nitrogen and oxygen atoms in total. The van der Waals surface area contributed by atoms with Crippen molar-refractivity contribution in [1.29, 1.82) is 0 Å². The number of hydrogen-bond acceptors (Lipinski definition) is 6. The molecular weight excluding hydrogens is 328 g/mol. The van der Waals surface area contributed by atoms with E-state index in [1.165, 1.54) is 23.2 Å². The second-order valence-corrected chi connectivity index (χ2v) is 7.03. The lowest BCUT2D eigenvalue weighted by Crippen LogP contribution is -2.20. The summed E-state index contributed by atoms with van der Waals surface area (Å²) in [6.45, 7) is 2.06. The minimum absolute atomic E-state index is 0.230. The van der Waals surface area contributed by atoms with Crippen LogP contribution >= 0.6 is 23.1 Å². The Bertz CT molecular complexity index is 871. The monoisotopic (exact) mass is 342 g/mol. The van der Waals surface area contributed by atoms with E-state index in [2.05, 4.69) is 46.6 Å². The zero-order valence-corrected chi connectivity index (χ0v) is 13.9. The lowest BCUT2D eigenvalue weighted by Gasteiger charge is -2.03. The Morgan fingerprint density at radius 3 is 2.87 bits per heavy atom. The minimum Gasteiger partial charge on any atom is -0.322 e. The molecule has 0 radical (unpaired) electrons. The summed E-state index contributed by atoms with van der Waals surface area (Å²) in [4.78, 5) is 19.0. The first-order valence-corrected chi connectivity index (χ1v) is 8.45. The van der Waals surface area contributed by atoms with E-state index in [1.807, 2.05) is 12.3 Å². The summed E-state index contributed by atoms with van der Waals surface area (Å²) < 4.78 is 0.969. The van der Waals surface area contributed by atoms with Crippen molar-refractivity contribution in [2.45, 2.75) is 16.7 Å². The number of pyridine rings is 1. The summed E-state index contributed by atoms with van der Waals surface area (Å²) in [7, 11) is 0. The van der Waals surface area contributed by atoms with Gasteiger partial charge in [-0.1, -0.05) is 29.5 Å². The first-order valence-electron chi connectivity index (χ1n) is 6.82. The number of carbonyl (C=O) groups is 1. The smallest absolute Gasteiger partial charge is 0.266 e. The Hall–Kier alpha value is -2.38. The number of rotatable bonds is 4. The van der Waals surface area contributed by atoms with E-state index < -0.39 is 0 Å². The molecule has 0 spiro atoms. The fourth-order valence-electron chi connectivity index (χ4n) is 2.03. The lowest BCUT2D eigenvalue weighted by molar-refractivity contribution is 0.0982. The number of aromatic nitrogens is 1. The van der Waals surface area contributed by atoms with E-state index in [0.29, 0.717) is 4.88 Å². The minimum atomic E-state index is -0.230. The largest absolute Gasteiger partial charge is 0.322 e. The maximum absolute atomic E-state index is 12.0. The molecule has 3 aromatic rings. The number of carbonyl (C=O) groups excluding carboxylic acids is 1. The summed E-state index contributed by atoms with van der Waals surface area (Å²) in [5, 5.41) is 6.80. The molecule has 0 aliphatic heterocycles. The zero-order chi connectivity index (χ0) is 16.2. The average molecular weight is 342 g/mol. The number of nitrogens with zero attached hydrogens (tertiary/aromatic N) is 2. The third kappa shape index (κ3) is 3.52. The van der Waals surface area contributed by atoms with Crippen LogP contribution in [0.3, 0.4) is 0 Å². The molecule has 3 rings (SSSR count). The topological polar surface area (TPSA) is 80.4 Å². The van der Waals surface area contributed by atoms with E-state index in [-0.39, 0.29) is 5.91 Å². The van der Waals surface area contributed by atoms with Gasteiger partial charge in [-0.3, -0.25) is 9.78 Å². The Kier molecular flexibility index (Phi) is 4.59. The van der Waals surface area contributed by atoms with Crippen molar-refractivity contribution in [2.24, 2.45) is 10.9 Å². The number of nitrogens with two attached hydrogens (primary N) is 1. The van der Waals surface area contributed by atoms with Crippen molar-refractivity contribution in [3.05, 3.63) is 53.2 Å². The molecule has 0 saturated heterocycles. The lowest BCUT2D eigenvalue weighted by atomic mass is 10.2. The Labute approximate surface area is 141 Å². The number of nitrogens with one attached hydrogen (secondary N) is 1. The molecule has 7 heteroatoms. The number of hydrogen-bond donors (Lipinski definition) is 2. The molecule has 0 fully saturated rings. The van der Waals surface area contributed by atoms with Gasteiger partial charge in [-0.15, -0.1) is 11.3 Å². The second-order valence-electron chi connectivity index (χ2n) is 4.83. The Morgan fingerprint density at radius 2 is 2.13 bits per heavy atom. The molecule has 3 N–H and O–H groups in total. The van der Waals surface area contributed by atoms with Crippen LogP contribution in [0.4, 0.5) is 0 Å². The van der Waals surface area contributed by atoms with Gasteiger partial charge in [-0.05, 0) is 25.1 Å². The molecule has 0 bridgehead atoms. The molecule has 23 heavy (non-hydrogen) atoms. The predicted octanol–water partition coefficient (Wildman–Crippen LogP) is 3.39. The van der Waals surface area contributed by atoms with Crippen LogP contribution in [0.25, 0.3) is 10.1 Å². The number of thiophene rings is 1. The molecule has 0 saturated carbocycles. The maximum atomic E-state index is 12.0. The Morgan fingerprint density at radius 1 is 1.35 bits per heavy atom. The summed E-state index contributed by atoms with van der Waals surface area (Å²) in [6, 6.07) is 10.2. The van der Waals surface area contributed by atoms with Crippen LogP contribution in [0.5, 0.6) is 0 Å². The van der Waals surface area contributed by atoms with Crippen LogP contribution in [0, 0.1) is 6.92 Å². The summed E-state index contributed by atoms with van der Waals surface area (Å²) in [5.41, 5.74) is 1.22. The molecule has 2 heterocycles. The zero-order valence-electron chi connectivity index (χ0n) is 12.3. The van der Waals surface area contributed by atoms with E-state index >= 15 is 0 Å². The highest BCUT2D eigenvalue weighted by Gasteiger charge is 2.12. The molecule has 1 amide bonds. The fraction of sp³-hybridized carbons (Fsp3) is 0.0625. The molecule has 0 aliphatic carbocycles. The van der Waals surface area contributed by atoms with E-state index in [0.717, 1.165) is 19.9 Å². The number of aryl methyl sites for hydroxylation is 1. The van der Waals surface area contributed by atoms with E-state index in [9.17, 15) is 4.79 Å². The highest BCUT2D eigenvalue weighted by molar-refractivity contribution is 7.99. The molecule has 2 aromatic heterocycles. The van der Waals surface area contributed by atoms with Crippen molar-refractivity contribution >= 4 is 45.4 Å². The van der Waals surface area contributed by atoms with Crippen LogP contribution in [0.15, 0.2) is 57.6 Å². The van der Waals surface area contributed by atoms with Crippen LogP contribution in [-0.2, 0) is 0 Å². The normalized spacial score (nSPS) is 11.2. The van der Waals surface area contributed by atoms with Crippen molar-refractivity contribution in [1.82, 2.24) is 10.3 Å². The molecular formula is C16H14N4OS2. The third-order valence-electron chi connectivity index (χ3n) is 3.15. The summed E-state index contributed by atoms with van der Waals surface area (Å²) in [5.74, 6) is 4.77. The number of amides is 1. The van der Waals surface area contributed by atoms with Crippen molar-refractivity contribution in [3.8, 4) is 0 Å². The SMILES string of the molecule is Cc1ccc(Sc2cncc3sc(C(=O)NC=NN)cc23)cc1. The predicted molar refractivity (Wildman–Crippen MR) is 95.1 cm³/mol. The molecule has 0 unspecified atom stereocenters. The van der Waals surface area contributed by atoms with Gasteiger partial charge in [0, 0.05) is 27.6 Å².